The Labute approximate surface area is 127 Å². The van der Waals surface area contributed by atoms with Crippen LogP contribution in [0.3, 0.4) is 0 Å². The van der Waals surface area contributed by atoms with Gasteiger partial charge in [0.05, 0.1) is 6.23 Å². The molecule has 5 heteroatoms. The van der Waals surface area contributed by atoms with Gasteiger partial charge in [0.25, 0.3) is 0 Å². The summed E-state index contributed by atoms with van der Waals surface area (Å²) >= 11 is 0. The standard InChI is InChI=1S/C15H36N2O2Si/c1-6-18-20(5,13-14(2)3)19-15(4)17-12-10-8-7-9-11-16/h14-15,17H,6-13,16H2,1-5H3/t15?,20-/m1/s1. The second-order valence-electron chi connectivity index (χ2n) is 6.08. The van der Waals surface area contributed by atoms with E-state index in [9.17, 15) is 0 Å². The molecule has 0 rings (SSSR count). The van der Waals surface area contributed by atoms with Crippen molar-refractivity contribution < 1.29 is 8.85 Å². The van der Waals surface area contributed by atoms with Crippen LogP contribution in [0.1, 0.15) is 53.4 Å². The topological polar surface area (TPSA) is 56.5 Å². The molecule has 0 radical (unpaired) electrons. The molecule has 0 aliphatic rings. The third kappa shape index (κ3) is 10.8. The van der Waals surface area contributed by atoms with E-state index in [-0.39, 0.29) is 6.23 Å². The Balaban J connectivity index is 3.91. The smallest absolute Gasteiger partial charge is 0.336 e. The van der Waals surface area contributed by atoms with Gasteiger partial charge in [-0.2, -0.15) is 0 Å². The first-order valence-corrected chi connectivity index (χ1v) is 10.7. The van der Waals surface area contributed by atoms with Crippen LogP contribution < -0.4 is 11.1 Å². The van der Waals surface area contributed by atoms with E-state index in [0.717, 1.165) is 32.2 Å². The van der Waals surface area contributed by atoms with Crippen molar-refractivity contribution in [2.24, 2.45) is 11.7 Å². The lowest BCUT2D eigenvalue weighted by molar-refractivity contribution is 0.106. The maximum atomic E-state index is 6.20. The minimum absolute atomic E-state index is 0.0754. The number of rotatable bonds is 13. The Morgan fingerprint density at radius 1 is 1.10 bits per heavy atom. The van der Waals surface area contributed by atoms with Crippen LogP contribution in [0.2, 0.25) is 12.6 Å². The summed E-state index contributed by atoms with van der Waals surface area (Å²) in [5, 5.41) is 3.45. The lowest BCUT2D eigenvalue weighted by Gasteiger charge is -2.31. The summed E-state index contributed by atoms with van der Waals surface area (Å²) in [6.07, 6.45) is 4.86. The fraction of sp³-hybridized carbons (Fsp3) is 1.00. The van der Waals surface area contributed by atoms with Crippen molar-refractivity contribution in [3.8, 4) is 0 Å². The minimum atomic E-state index is -2.04. The number of nitrogens with one attached hydrogen (secondary N) is 1. The second-order valence-corrected chi connectivity index (χ2v) is 9.28. The predicted molar refractivity (Wildman–Crippen MR) is 89.0 cm³/mol. The van der Waals surface area contributed by atoms with Crippen molar-refractivity contribution in [1.29, 1.82) is 0 Å². The van der Waals surface area contributed by atoms with Crippen molar-refractivity contribution in [3.63, 3.8) is 0 Å². The minimum Gasteiger partial charge on any atom is -0.395 e. The van der Waals surface area contributed by atoms with Gasteiger partial charge in [-0.1, -0.05) is 26.7 Å². The summed E-state index contributed by atoms with van der Waals surface area (Å²) in [5.41, 5.74) is 5.48. The lowest BCUT2D eigenvalue weighted by atomic mass is 10.2. The largest absolute Gasteiger partial charge is 0.395 e. The van der Waals surface area contributed by atoms with Gasteiger partial charge in [-0.3, -0.25) is 5.32 Å². The average Bonchev–Trinajstić information content (AvgIpc) is 2.32. The molecule has 0 amide bonds. The molecular weight excluding hydrogens is 268 g/mol. The third-order valence-electron chi connectivity index (χ3n) is 3.22. The van der Waals surface area contributed by atoms with E-state index in [0.29, 0.717) is 5.92 Å². The molecule has 0 spiro atoms. The molecule has 0 aliphatic carbocycles. The van der Waals surface area contributed by atoms with Crippen LogP contribution in [-0.2, 0) is 8.85 Å². The molecule has 0 heterocycles. The maximum absolute atomic E-state index is 6.20. The van der Waals surface area contributed by atoms with E-state index in [1.807, 2.05) is 6.92 Å². The monoisotopic (exact) mass is 304 g/mol. The van der Waals surface area contributed by atoms with Gasteiger partial charge in [0.2, 0.25) is 0 Å². The first kappa shape index (κ1) is 20.1. The Bertz CT molecular complexity index is 230. The average molecular weight is 305 g/mol. The van der Waals surface area contributed by atoms with E-state index < -0.39 is 8.56 Å². The SMILES string of the molecule is CCO[Si@@](C)(CC(C)C)OC(C)NCCCCCCN. The molecule has 1 unspecified atom stereocenters. The second kappa shape index (κ2) is 11.7. The molecule has 0 aromatic heterocycles. The highest BCUT2D eigenvalue weighted by molar-refractivity contribution is 6.66. The van der Waals surface area contributed by atoms with Gasteiger partial charge in [0, 0.05) is 6.61 Å². The van der Waals surface area contributed by atoms with Gasteiger partial charge in [-0.25, -0.2) is 0 Å². The predicted octanol–water partition coefficient (Wildman–Crippen LogP) is 3.22. The van der Waals surface area contributed by atoms with Gasteiger partial charge >= 0.3 is 8.56 Å². The van der Waals surface area contributed by atoms with Crippen molar-refractivity contribution >= 4 is 8.56 Å². The number of hydrogen-bond acceptors (Lipinski definition) is 4. The van der Waals surface area contributed by atoms with Crippen molar-refractivity contribution in [3.05, 3.63) is 0 Å². The molecule has 2 atom stereocenters. The van der Waals surface area contributed by atoms with Gasteiger partial charge in [0.1, 0.15) is 0 Å². The Hall–Kier alpha value is 0.0569. The van der Waals surface area contributed by atoms with Crippen LogP contribution in [-0.4, -0.2) is 34.5 Å². The fourth-order valence-corrected chi connectivity index (χ4v) is 5.74. The summed E-state index contributed by atoms with van der Waals surface area (Å²) in [5.74, 6) is 0.613. The highest BCUT2D eigenvalue weighted by Gasteiger charge is 2.33. The molecule has 122 valence electrons. The molecule has 4 nitrogen and oxygen atoms in total. The summed E-state index contributed by atoms with van der Waals surface area (Å²) < 4.78 is 12.1. The number of hydrogen-bond donors (Lipinski definition) is 2. The summed E-state index contributed by atoms with van der Waals surface area (Å²) in [4.78, 5) is 0. The van der Waals surface area contributed by atoms with Gasteiger partial charge in [0.15, 0.2) is 0 Å². The Morgan fingerprint density at radius 3 is 2.30 bits per heavy atom. The molecule has 0 aromatic carbocycles. The van der Waals surface area contributed by atoms with Crippen molar-refractivity contribution in [1.82, 2.24) is 5.32 Å². The third-order valence-corrected chi connectivity index (χ3v) is 6.53. The normalized spacial score (nSPS) is 16.4. The van der Waals surface area contributed by atoms with E-state index >= 15 is 0 Å². The molecule has 0 aliphatic heterocycles. The number of unbranched alkanes of at least 4 members (excludes halogenated alkanes) is 3. The molecule has 3 N–H and O–H groups in total. The van der Waals surface area contributed by atoms with Crippen molar-refractivity contribution in [2.45, 2.75) is 72.2 Å². The Kier molecular flexibility index (Phi) is 11.7. The van der Waals surface area contributed by atoms with Crippen LogP contribution in [0.25, 0.3) is 0 Å². The molecule has 0 aromatic rings. The van der Waals surface area contributed by atoms with Crippen LogP contribution in [0.4, 0.5) is 0 Å². The van der Waals surface area contributed by atoms with Gasteiger partial charge in [-0.05, 0) is 58.3 Å². The Morgan fingerprint density at radius 2 is 1.75 bits per heavy atom. The highest BCUT2D eigenvalue weighted by atomic mass is 28.4. The highest BCUT2D eigenvalue weighted by Crippen LogP contribution is 2.20. The zero-order valence-corrected chi connectivity index (χ0v) is 15.2. The molecule has 0 fully saturated rings. The van der Waals surface area contributed by atoms with E-state index in [2.05, 4.69) is 32.6 Å². The van der Waals surface area contributed by atoms with Gasteiger partial charge in [-0.15, -0.1) is 0 Å². The van der Waals surface area contributed by atoms with Crippen molar-refractivity contribution in [2.75, 3.05) is 19.7 Å². The zero-order chi connectivity index (χ0) is 15.4. The van der Waals surface area contributed by atoms with Crippen LogP contribution >= 0.6 is 0 Å². The number of nitrogens with two attached hydrogens (primary N) is 1. The molecule has 0 saturated carbocycles. The van der Waals surface area contributed by atoms with Crippen LogP contribution in [0.5, 0.6) is 0 Å². The summed E-state index contributed by atoms with van der Waals surface area (Å²) in [6.45, 7) is 13.3. The zero-order valence-electron chi connectivity index (χ0n) is 14.2. The lowest BCUT2D eigenvalue weighted by Crippen LogP contribution is -2.46. The maximum Gasteiger partial charge on any atom is 0.336 e. The first-order chi connectivity index (χ1) is 9.43. The van der Waals surface area contributed by atoms with Gasteiger partial charge < -0.3 is 14.6 Å². The van der Waals surface area contributed by atoms with Crippen LogP contribution in [0.15, 0.2) is 0 Å². The molecule has 20 heavy (non-hydrogen) atoms. The van der Waals surface area contributed by atoms with Crippen LogP contribution in [0, 0.1) is 5.92 Å². The van der Waals surface area contributed by atoms with E-state index in [1.54, 1.807) is 0 Å². The first-order valence-electron chi connectivity index (χ1n) is 8.18. The summed E-state index contributed by atoms with van der Waals surface area (Å²) in [7, 11) is -2.04. The van der Waals surface area contributed by atoms with E-state index in [4.69, 9.17) is 14.6 Å². The fourth-order valence-electron chi connectivity index (χ4n) is 2.53. The quantitative estimate of drug-likeness (QED) is 0.312. The molecule has 0 saturated heterocycles. The molecule has 0 bridgehead atoms. The van der Waals surface area contributed by atoms with E-state index in [1.165, 1.54) is 19.3 Å². The summed E-state index contributed by atoms with van der Waals surface area (Å²) in [6, 6.07) is 1.05. The molecular formula is C15H36N2O2Si.